The van der Waals surface area contributed by atoms with E-state index in [1.807, 2.05) is 45.9 Å². The summed E-state index contributed by atoms with van der Waals surface area (Å²) >= 11 is 0. The number of carboxylic acid groups (broad SMARTS) is 1. The Labute approximate surface area is 174 Å². The predicted molar refractivity (Wildman–Crippen MR) is 117 cm³/mol. The van der Waals surface area contributed by atoms with E-state index in [0.29, 0.717) is 18.7 Å². The molecule has 1 saturated heterocycles. The van der Waals surface area contributed by atoms with Crippen molar-refractivity contribution in [1.82, 2.24) is 4.90 Å². The van der Waals surface area contributed by atoms with E-state index >= 15 is 0 Å². The van der Waals surface area contributed by atoms with Crippen molar-refractivity contribution in [2.24, 2.45) is 5.41 Å². The van der Waals surface area contributed by atoms with Gasteiger partial charge in [0.25, 0.3) is 0 Å². The highest BCUT2D eigenvalue weighted by Gasteiger charge is 2.51. The molecule has 0 aliphatic carbocycles. The van der Waals surface area contributed by atoms with Crippen molar-refractivity contribution in [3.63, 3.8) is 0 Å². The van der Waals surface area contributed by atoms with Crippen LogP contribution in [0.1, 0.15) is 60.5 Å². The number of hydrogen-bond donors (Lipinski definition) is 2. The Morgan fingerprint density at radius 3 is 2.28 bits per heavy atom. The number of amides is 1. The Hall–Kier alpha value is -1.99. The lowest BCUT2D eigenvalue weighted by Crippen LogP contribution is -2.48. The third-order valence-electron chi connectivity index (χ3n) is 6.40. The lowest BCUT2D eigenvalue weighted by Gasteiger charge is -2.40. The van der Waals surface area contributed by atoms with Crippen molar-refractivity contribution in [1.29, 1.82) is 0 Å². The molecule has 2 aliphatic heterocycles. The summed E-state index contributed by atoms with van der Waals surface area (Å²) in [5, 5.41) is 9.57. The van der Waals surface area contributed by atoms with E-state index in [-0.39, 0.29) is 11.5 Å². The van der Waals surface area contributed by atoms with Gasteiger partial charge >= 0.3 is 13.2 Å². The molecule has 2 heterocycles. The van der Waals surface area contributed by atoms with E-state index in [4.69, 9.17) is 15.0 Å². The maximum atomic E-state index is 11.7. The largest absolute Gasteiger partial charge is 0.494 e. The molecule has 3 rings (SSSR count). The van der Waals surface area contributed by atoms with Crippen LogP contribution in [0.2, 0.25) is 0 Å². The zero-order valence-corrected chi connectivity index (χ0v) is 18.6. The van der Waals surface area contributed by atoms with Crippen LogP contribution < -0.4 is 11.2 Å². The van der Waals surface area contributed by atoms with Crippen molar-refractivity contribution in [3.8, 4) is 0 Å². The summed E-state index contributed by atoms with van der Waals surface area (Å²) in [6.45, 7) is 14.7. The second-order valence-corrected chi connectivity index (χ2v) is 10.2. The van der Waals surface area contributed by atoms with E-state index in [1.54, 1.807) is 0 Å². The highest BCUT2D eigenvalue weighted by atomic mass is 16.7. The van der Waals surface area contributed by atoms with Crippen molar-refractivity contribution in [2.75, 3.05) is 12.3 Å². The second kappa shape index (κ2) is 7.06. The van der Waals surface area contributed by atoms with Crippen molar-refractivity contribution in [2.45, 2.75) is 72.1 Å². The molecular formula is C22H33BN2O4. The predicted octanol–water partition coefficient (Wildman–Crippen LogP) is 3.75. The molecule has 158 valence electrons. The molecule has 1 aromatic carbocycles. The standard InChI is InChI=1S/C22H33BN2O4/c1-20(2,3)18-12-14(10-11-25(18)19(26)27)16-9-8-15(13-17(16)24)23-28-21(4,5)22(6,7)29-23/h8-9,12-13,18H,10-11,24H2,1-7H3,(H,26,27). The Kier molecular flexibility index (Phi) is 5.29. The molecule has 0 spiro atoms. The Morgan fingerprint density at radius 1 is 1.21 bits per heavy atom. The van der Waals surface area contributed by atoms with Gasteiger partial charge in [-0.05, 0) is 56.6 Å². The van der Waals surface area contributed by atoms with Gasteiger partial charge < -0.3 is 25.0 Å². The summed E-state index contributed by atoms with van der Waals surface area (Å²) in [6, 6.07) is 5.70. The quantitative estimate of drug-likeness (QED) is 0.584. The van der Waals surface area contributed by atoms with Crippen LogP contribution in [0.5, 0.6) is 0 Å². The van der Waals surface area contributed by atoms with E-state index in [9.17, 15) is 9.90 Å². The number of benzene rings is 1. The first-order valence-electron chi connectivity index (χ1n) is 10.2. The van der Waals surface area contributed by atoms with Gasteiger partial charge in [0.05, 0.1) is 17.2 Å². The van der Waals surface area contributed by atoms with Gasteiger partial charge in [0.15, 0.2) is 0 Å². The van der Waals surface area contributed by atoms with Gasteiger partial charge in [0.1, 0.15) is 0 Å². The monoisotopic (exact) mass is 400 g/mol. The molecule has 2 aliphatic rings. The minimum absolute atomic E-state index is 0.203. The lowest BCUT2D eigenvalue weighted by atomic mass is 9.77. The molecule has 1 fully saturated rings. The fourth-order valence-electron chi connectivity index (χ4n) is 3.90. The fourth-order valence-corrected chi connectivity index (χ4v) is 3.90. The highest BCUT2D eigenvalue weighted by molar-refractivity contribution is 6.62. The van der Waals surface area contributed by atoms with Crippen LogP contribution >= 0.6 is 0 Å². The van der Waals surface area contributed by atoms with Gasteiger partial charge in [-0.1, -0.05) is 39.0 Å². The molecule has 6 nitrogen and oxygen atoms in total. The highest BCUT2D eigenvalue weighted by Crippen LogP contribution is 2.38. The van der Waals surface area contributed by atoms with Crippen LogP contribution in [0.4, 0.5) is 10.5 Å². The first-order valence-corrected chi connectivity index (χ1v) is 10.2. The van der Waals surface area contributed by atoms with Crippen molar-refractivity contribution in [3.05, 3.63) is 29.8 Å². The normalized spacial score (nSPS) is 23.8. The molecule has 0 radical (unpaired) electrons. The number of nitrogen functional groups attached to an aromatic ring is 1. The third kappa shape index (κ3) is 4.03. The van der Waals surface area contributed by atoms with Gasteiger partial charge in [0.2, 0.25) is 0 Å². The molecule has 0 bridgehead atoms. The van der Waals surface area contributed by atoms with Crippen LogP contribution in [0, 0.1) is 5.41 Å². The number of nitrogens with zero attached hydrogens (tertiary/aromatic N) is 1. The fraction of sp³-hybridized carbons (Fsp3) is 0.591. The Bertz CT molecular complexity index is 826. The minimum atomic E-state index is -0.885. The molecule has 3 N–H and O–H groups in total. The molecule has 29 heavy (non-hydrogen) atoms. The number of anilines is 1. The molecule has 1 atom stereocenters. The molecule has 7 heteroatoms. The SMILES string of the molecule is CC(C)(C)C1C=C(c2ccc(B3OC(C)(C)C(C)(C)O3)cc2N)CCN1C(=O)O. The smallest absolute Gasteiger partial charge is 0.465 e. The average Bonchev–Trinajstić information content (AvgIpc) is 2.81. The summed E-state index contributed by atoms with van der Waals surface area (Å²) in [4.78, 5) is 13.2. The van der Waals surface area contributed by atoms with Gasteiger partial charge in [-0.25, -0.2) is 4.79 Å². The molecule has 0 saturated carbocycles. The topological polar surface area (TPSA) is 85.0 Å². The van der Waals surface area contributed by atoms with E-state index < -0.39 is 24.4 Å². The van der Waals surface area contributed by atoms with Crippen LogP contribution in [-0.4, -0.2) is 47.0 Å². The van der Waals surface area contributed by atoms with Crippen LogP contribution in [-0.2, 0) is 9.31 Å². The van der Waals surface area contributed by atoms with E-state index in [1.165, 1.54) is 4.90 Å². The van der Waals surface area contributed by atoms with Gasteiger partial charge in [-0.15, -0.1) is 0 Å². The number of nitrogens with two attached hydrogens (primary N) is 1. The molecule has 1 unspecified atom stereocenters. The lowest BCUT2D eigenvalue weighted by molar-refractivity contribution is 0.00578. The van der Waals surface area contributed by atoms with Crippen LogP contribution in [0.25, 0.3) is 5.57 Å². The third-order valence-corrected chi connectivity index (χ3v) is 6.40. The maximum absolute atomic E-state index is 11.7. The number of rotatable bonds is 2. The zero-order chi connectivity index (χ0) is 21.8. The number of hydrogen-bond acceptors (Lipinski definition) is 4. The summed E-state index contributed by atoms with van der Waals surface area (Å²) < 4.78 is 12.3. The Morgan fingerprint density at radius 2 is 1.79 bits per heavy atom. The first kappa shape index (κ1) is 21.7. The molecule has 1 amide bonds. The summed E-state index contributed by atoms with van der Waals surface area (Å²) in [5.41, 5.74) is 8.98. The summed E-state index contributed by atoms with van der Waals surface area (Å²) in [6.07, 6.45) is 1.81. The number of carbonyl (C=O) groups is 1. The second-order valence-electron chi connectivity index (χ2n) is 10.2. The first-order chi connectivity index (χ1) is 13.2. The van der Waals surface area contributed by atoms with Gasteiger partial charge in [0, 0.05) is 17.8 Å². The van der Waals surface area contributed by atoms with Gasteiger partial charge in [-0.3, -0.25) is 0 Å². The average molecular weight is 400 g/mol. The summed E-state index contributed by atoms with van der Waals surface area (Å²) in [7, 11) is -0.457. The molecule has 0 aromatic heterocycles. The van der Waals surface area contributed by atoms with Crippen LogP contribution in [0.15, 0.2) is 24.3 Å². The van der Waals surface area contributed by atoms with Crippen molar-refractivity contribution >= 4 is 29.9 Å². The van der Waals surface area contributed by atoms with E-state index in [2.05, 4.69) is 26.8 Å². The van der Waals surface area contributed by atoms with E-state index in [0.717, 1.165) is 16.6 Å². The van der Waals surface area contributed by atoms with Crippen LogP contribution in [0.3, 0.4) is 0 Å². The minimum Gasteiger partial charge on any atom is -0.465 e. The van der Waals surface area contributed by atoms with Crippen molar-refractivity contribution < 1.29 is 19.2 Å². The summed E-state index contributed by atoms with van der Waals surface area (Å²) in [5.74, 6) is 0. The van der Waals surface area contributed by atoms with Gasteiger partial charge in [-0.2, -0.15) is 0 Å². The molecular weight excluding hydrogens is 367 g/mol. The maximum Gasteiger partial charge on any atom is 0.494 e. The Balaban J connectivity index is 1.90. The zero-order valence-electron chi connectivity index (χ0n) is 18.6. The molecule has 1 aromatic rings.